The van der Waals surface area contributed by atoms with E-state index in [-0.39, 0.29) is 35.9 Å². The molecule has 0 radical (unpaired) electrons. The number of fused-ring (bicyclic) bond motifs is 2. The highest BCUT2D eigenvalue weighted by atomic mass is 16.5. The van der Waals surface area contributed by atoms with E-state index in [1.807, 2.05) is 0 Å². The number of carbonyl (C=O) groups is 3. The first-order valence-electron chi connectivity index (χ1n) is 8.92. The van der Waals surface area contributed by atoms with E-state index in [1.165, 1.54) is 11.8 Å². The SMILES string of the molecule is C=CCN1C(=O)C2(C(C(C)=O)=C(C)OC(N)=C2C(=O)OCC)c2ccccc21. The number of Topliss-reactive ketones (excluding diaryl/α,β-unsaturated/α-hetero) is 1. The van der Waals surface area contributed by atoms with Crippen LogP contribution in [0.2, 0.25) is 0 Å². The van der Waals surface area contributed by atoms with Crippen molar-refractivity contribution in [3.8, 4) is 0 Å². The smallest absolute Gasteiger partial charge is 0.341 e. The Morgan fingerprint density at radius 1 is 1.32 bits per heavy atom. The van der Waals surface area contributed by atoms with Gasteiger partial charge in [0.25, 0.3) is 0 Å². The van der Waals surface area contributed by atoms with Crippen molar-refractivity contribution >= 4 is 23.3 Å². The molecule has 1 unspecified atom stereocenters. The van der Waals surface area contributed by atoms with Crippen LogP contribution < -0.4 is 10.6 Å². The fourth-order valence-electron chi connectivity index (χ4n) is 4.06. The highest BCUT2D eigenvalue weighted by Gasteiger charge is 2.62. The van der Waals surface area contributed by atoms with Gasteiger partial charge in [-0.1, -0.05) is 24.3 Å². The van der Waals surface area contributed by atoms with Gasteiger partial charge in [0, 0.05) is 17.8 Å². The molecule has 2 N–H and O–H groups in total. The van der Waals surface area contributed by atoms with Crippen molar-refractivity contribution in [3.05, 3.63) is 65.3 Å². The number of para-hydroxylation sites is 1. The largest absolute Gasteiger partial charge is 0.462 e. The Morgan fingerprint density at radius 3 is 2.61 bits per heavy atom. The first kappa shape index (κ1) is 19.4. The number of anilines is 1. The molecule has 1 aromatic rings. The summed E-state index contributed by atoms with van der Waals surface area (Å²) in [6, 6.07) is 6.99. The lowest BCUT2D eigenvalue weighted by Gasteiger charge is -2.36. The van der Waals surface area contributed by atoms with E-state index in [4.69, 9.17) is 15.2 Å². The third-order valence-corrected chi connectivity index (χ3v) is 4.92. The summed E-state index contributed by atoms with van der Waals surface area (Å²) >= 11 is 0. The molecule has 1 aromatic carbocycles. The predicted octanol–water partition coefficient (Wildman–Crippen LogP) is 2.08. The molecule has 2 aliphatic heterocycles. The summed E-state index contributed by atoms with van der Waals surface area (Å²) in [4.78, 5) is 40.9. The van der Waals surface area contributed by atoms with Gasteiger partial charge in [-0.25, -0.2) is 4.79 Å². The highest BCUT2D eigenvalue weighted by molar-refractivity contribution is 6.22. The third kappa shape index (κ3) is 2.46. The highest BCUT2D eigenvalue weighted by Crippen LogP contribution is 2.54. The summed E-state index contributed by atoms with van der Waals surface area (Å²) in [5.74, 6) is -1.72. The summed E-state index contributed by atoms with van der Waals surface area (Å²) in [6.07, 6.45) is 1.58. The topological polar surface area (TPSA) is 98.9 Å². The minimum atomic E-state index is -1.72. The van der Waals surface area contributed by atoms with Crippen molar-refractivity contribution in [3.63, 3.8) is 0 Å². The minimum absolute atomic E-state index is 0.0776. The zero-order valence-electron chi connectivity index (χ0n) is 16.1. The Labute approximate surface area is 163 Å². The lowest BCUT2D eigenvalue weighted by atomic mass is 9.66. The standard InChI is InChI=1S/C21H22N2O5/c1-5-11-23-15-10-8-7-9-14(15)21(20(23)26)16(12(3)24)13(4)28-18(22)17(21)19(25)27-6-2/h5,7-10H,1,6,11,22H2,2-4H3. The van der Waals surface area contributed by atoms with Crippen LogP contribution in [-0.2, 0) is 29.3 Å². The molecular formula is C21H22N2O5. The van der Waals surface area contributed by atoms with Crippen LogP contribution in [0.3, 0.4) is 0 Å². The number of ether oxygens (including phenoxy) is 2. The number of hydrogen-bond donors (Lipinski definition) is 1. The van der Waals surface area contributed by atoms with Gasteiger partial charge in [-0.2, -0.15) is 0 Å². The van der Waals surface area contributed by atoms with E-state index >= 15 is 0 Å². The Kier molecular flexibility index (Phi) is 4.85. The molecule has 3 rings (SSSR count). The molecule has 0 aromatic heterocycles. The summed E-state index contributed by atoms with van der Waals surface area (Å²) < 4.78 is 10.7. The number of nitrogens with zero attached hydrogens (tertiary/aromatic N) is 1. The third-order valence-electron chi connectivity index (χ3n) is 4.92. The van der Waals surface area contributed by atoms with Gasteiger partial charge >= 0.3 is 5.97 Å². The van der Waals surface area contributed by atoms with Crippen molar-refractivity contribution in [2.75, 3.05) is 18.1 Å². The second-order valence-electron chi connectivity index (χ2n) is 6.52. The van der Waals surface area contributed by atoms with E-state index in [0.717, 1.165) is 0 Å². The molecule has 0 saturated heterocycles. The zero-order chi connectivity index (χ0) is 20.6. The van der Waals surface area contributed by atoms with E-state index in [2.05, 4.69) is 6.58 Å². The normalized spacial score (nSPS) is 21.0. The van der Waals surface area contributed by atoms with Crippen LogP contribution in [0.1, 0.15) is 26.3 Å². The number of carbonyl (C=O) groups excluding carboxylic acids is 3. The molecule has 1 atom stereocenters. The zero-order valence-corrected chi connectivity index (χ0v) is 16.1. The van der Waals surface area contributed by atoms with Gasteiger partial charge in [0.05, 0.1) is 12.2 Å². The lowest BCUT2D eigenvalue weighted by molar-refractivity contribution is -0.141. The van der Waals surface area contributed by atoms with E-state index in [1.54, 1.807) is 44.2 Å². The first-order chi connectivity index (χ1) is 13.3. The maximum Gasteiger partial charge on any atom is 0.341 e. The Morgan fingerprint density at radius 2 is 2.00 bits per heavy atom. The fourth-order valence-corrected chi connectivity index (χ4v) is 4.06. The number of amides is 1. The van der Waals surface area contributed by atoms with Crippen molar-refractivity contribution in [1.82, 2.24) is 0 Å². The van der Waals surface area contributed by atoms with Crippen molar-refractivity contribution in [1.29, 1.82) is 0 Å². The van der Waals surface area contributed by atoms with Gasteiger partial charge in [-0.05, 0) is 26.8 Å². The molecule has 1 amide bonds. The number of nitrogens with two attached hydrogens (primary N) is 1. The molecule has 0 bridgehead atoms. The molecule has 7 nitrogen and oxygen atoms in total. The number of hydrogen-bond acceptors (Lipinski definition) is 6. The van der Waals surface area contributed by atoms with Gasteiger partial charge in [0.15, 0.2) is 5.78 Å². The summed E-state index contributed by atoms with van der Waals surface area (Å²) in [5, 5.41) is 0. The van der Waals surface area contributed by atoms with Gasteiger partial charge < -0.3 is 20.1 Å². The second kappa shape index (κ2) is 6.99. The quantitative estimate of drug-likeness (QED) is 0.618. The van der Waals surface area contributed by atoms with Crippen LogP contribution in [0.25, 0.3) is 0 Å². The molecule has 7 heteroatoms. The van der Waals surface area contributed by atoms with Crippen LogP contribution in [0, 0.1) is 0 Å². The van der Waals surface area contributed by atoms with Crippen LogP contribution >= 0.6 is 0 Å². The van der Waals surface area contributed by atoms with Crippen molar-refractivity contribution in [2.45, 2.75) is 26.2 Å². The monoisotopic (exact) mass is 382 g/mol. The molecule has 0 saturated carbocycles. The number of benzene rings is 1. The average molecular weight is 382 g/mol. The van der Waals surface area contributed by atoms with E-state index < -0.39 is 23.1 Å². The van der Waals surface area contributed by atoms with Crippen LogP contribution in [0.4, 0.5) is 5.69 Å². The summed E-state index contributed by atoms with van der Waals surface area (Å²) in [7, 11) is 0. The molecule has 0 fully saturated rings. The van der Waals surface area contributed by atoms with Gasteiger partial charge in [0.2, 0.25) is 11.8 Å². The Bertz CT molecular complexity index is 959. The summed E-state index contributed by atoms with van der Waals surface area (Å²) in [5.41, 5.74) is 5.33. The van der Waals surface area contributed by atoms with Gasteiger partial charge in [-0.3, -0.25) is 9.59 Å². The molecule has 28 heavy (non-hydrogen) atoms. The number of ketones is 1. The van der Waals surface area contributed by atoms with Crippen molar-refractivity contribution < 1.29 is 23.9 Å². The first-order valence-corrected chi connectivity index (χ1v) is 8.92. The molecule has 0 aliphatic carbocycles. The average Bonchev–Trinajstić information content (AvgIpc) is 2.85. The number of allylic oxidation sites excluding steroid dienone is 1. The maximum atomic E-state index is 13.8. The van der Waals surface area contributed by atoms with E-state index in [0.29, 0.717) is 11.3 Å². The number of rotatable bonds is 5. The van der Waals surface area contributed by atoms with E-state index in [9.17, 15) is 14.4 Å². The Hall–Kier alpha value is -3.35. The van der Waals surface area contributed by atoms with Gasteiger partial charge in [-0.15, -0.1) is 6.58 Å². The minimum Gasteiger partial charge on any atom is -0.462 e. The Balaban J connectivity index is 2.44. The molecule has 2 heterocycles. The number of esters is 1. The van der Waals surface area contributed by atoms with Crippen LogP contribution in [0.5, 0.6) is 0 Å². The summed E-state index contributed by atoms with van der Waals surface area (Å²) in [6.45, 7) is 8.53. The molecular weight excluding hydrogens is 360 g/mol. The molecule has 1 spiro atoms. The van der Waals surface area contributed by atoms with Gasteiger partial charge in [0.1, 0.15) is 16.7 Å². The second-order valence-corrected chi connectivity index (χ2v) is 6.52. The van der Waals surface area contributed by atoms with Crippen molar-refractivity contribution in [2.24, 2.45) is 5.73 Å². The molecule has 146 valence electrons. The predicted molar refractivity (Wildman–Crippen MR) is 103 cm³/mol. The fraction of sp³-hybridized carbons (Fsp3) is 0.286. The maximum absolute atomic E-state index is 13.8. The van der Waals surface area contributed by atoms with Crippen LogP contribution in [0.15, 0.2) is 59.7 Å². The molecule has 2 aliphatic rings. The lowest BCUT2D eigenvalue weighted by Crippen LogP contribution is -2.50. The van der Waals surface area contributed by atoms with Crippen LogP contribution in [-0.4, -0.2) is 30.8 Å².